The summed E-state index contributed by atoms with van der Waals surface area (Å²) in [5.74, 6) is -17.8. The van der Waals surface area contributed by atoms with E-state index in [-0.39, 0.29) is 43.5 Å². The van der Waals surface area contributed by atoms with Crippen LogP contribution in [0.3, 0.4) is 0 Å². The van der Waals surface area contributed by atoms with Crippen molar-refractivity contribution >= 4 is 95.0 Å². The molecular formula is C47H68N12O21. The molecule has 19 N–H and O–H groups in total. The number of carboxylic acid groups (broad SMARTS) is 3. The summed E-state index contributed by atoms with van der Waals surface area (Å²) in [5.41, 5.74) is 16.8. The fourth-order valence-electron chi connectivity index (χ4n) is 6.72. The zero-order chi connectivity index (χ0) is 60.8. The first-order valence-electron chi connectivity index (χ1n) is 24.2. The van der Waals surface area contributed by atoms with Gasteiger partial charge in [-0.1, -0.05) is 31.7 Å². The minimum absolute atomic E-state index is 0.00355. The van der Waals surface area contributed by atoms with Crippen LogP contribution >= 0.6 is 0 Å². The minimum atomic E-state index is -2.00. The molecule has 1 aromatic rings. The fourth-order valence-corrected chi connectivity index (χ4v) is 6.72. The van der Waals surface area contributed by atoms with Crippen LogP contribution in [0.15, 0.2) is 36.9 Å². The number of nitrogens with one attached hydrogen (secondary N) is 9. The van der Waals surface area contributed by atoms with Gasteiger partial charge in [-0.2, -0.15) is 0 Å². The Balaban J connectivity index is 3.19. The number of nitrogens with two attached hydrogens (primary N) is 3. The lowest BCUT2D eigenvalue weighted by atomic mass is 9.96. The number of para-hydroxylation sites is 1. The second-order valence-electron chi connectivity index (χ2n) is 17.5. The number of ketones is 1. The number of hydrogen-bond donors (Lipinski definition) is 16. The van der Waals surface area contributed by atoms with E-state index in [0.717, 1.165) is 6.92 Å². The van der Waals surface area contributed by atoms with Crippen molar-refractivity contribution < 1.29 is 102 Å². The van der Waals surface area contributed by atoms with Crippen molar-refractivity contribution in [3.63, 3.8) is 0 Å². The number of ether oxygens (including phenoxy) is 2. The number of carbonyl (C=O) groups is 15. The van der Waals surface area contributed by atoms with Crippen molar-refractivity contribution in [2.75, 3.05) is 38.6 Å². The smallest absolute Gasteiger partial charge is 0.407 e. The summed E-state index contributed by atoms with van der Waals surface area (Å²) in [7, 11) is 0. The number of anilines is 1. The highest BCUT2D eigenvalue weighted by atomic mass is 16.6. The van der Waals surface area contributed by atoms with Gasteiger partial charge in [0.25, 0.3) is 0 Å². The van der Waals surface area contributed by atoms with Crippen LogP contribution in [-0.4, -0.2) is 197 Å². The van der Waals surface area contributed by atoms with Crippen molar-refractivity contribution in [3.8, 4) is 0 Å². The summed E-state index contributed by atoms with van der Waals surface area (Å²) in [5, 5.41) is 58.0. The number of aliphatic hydroxyl groups excluding tert-OH is 1. The van der Waals surface area contributed by atoms with Gasteiger partial charge in [0.1, 0.15) is 61.3 Å². The normalized spacial score (nSPS) is 14.4. The van der Waals surface area contributed by atoms with Gasteiger partial charge in [0.05, 0.1) is 45.0 Å². The maximum Gasteiger partial charge on any atom is 0.407 e. The van der Waals surface area contributed by atoms with Gasteiger partial charge in [-0.15, -0.1) is 0 Å². The lowest BCUT2D eigenvalue weighted by Gasteiger charge is -2.28. The molecule has 33 heteroatoms. The SMILES string of the molecule is C=CCOC(=O)NCCCC(NC(=O)CN)C(=O)N[C@@H](CC(=O)O)C(=O)N[C@@H](C)C(=O)N[C@@H](CC(=O)O)C(=O)NCC(=O)N[C@@H](CO)C(=O)N[C@H](C(=O)NC(CC(=O)c1ccccc1N)C(=O)OC(C)C(N)C=O)C(C)CC(=O)O. The van der Waals surface area contributed by atoms with Crippen molar-refractivity contribution in [2.24, 2.45) is 17.4 Å². The molecule has 442 valence electrons. The molecule has 0 fully saturated rings. The molecule has 9 amide bonds. The number of carbonyl (C=O) groups excluding carboxylic acids is 12. The molecule has 1 aromatic carbocycles. The van der Waals surface area contributed by atoms with Gasteiger partial charge in [0, 0.05) is 24.2 Å². The van der Waals surface area contributed by atoms with Crippen LogP contribution in [0.4, 0.5) is 10.5 Å². The summed E-state index contributed by atoms with van der Waals surface area (Å²) >= 11 is 0. The van der Waals surface area contributed by atoms with Crippen molar-refractivity contribution in [2.45, 2.75) is 114 Å². The number of alkyl carbamates (subject to hydrolysis) is 1. The zero-order valence-electron chi connectivity index (χ0n) is 43.7. The van der Waals surface area contributed by atoms with E-state index in [9.17, 15) is 92.3 Å². The largest absolute Gasteiger partial charge is 0.481 e. The molecule has 0 heterocycles. The number of hydrogen-bond acceptors (Lipinski definition) is 21. The number of Topliss-reactive ketones (excluding diaryl/α,β-unsaturated/α-hetero) is 1. The van der Waals surface area contributed by atoms with E-state index in [1.165, 1.54) is 44.2 Å². The third kappa shape index (κ3) is 25.4. The maximum atomic E-state index is 13.8. The first-order valence-corrected chi connectivity index (χ1v) is 24.2. The van der Waals surface area contributed by atoms with Gasteiger partial charge in [0.2, 0.25) is 47.3 Å². The second-order valence-corrected chi connectivity index (χ2v) is 17.5. The average molecular weight is 1140 g/mol. The Bertz CT molecular complexity index is 2440. The number of esters is 1. The Morgan fingerprint density at radius 3 is 1.76 bits per heavy atom. The predicted molar refractivity (Wildman–Crippen MR) is 272 cm³/mol. The number of aldehydes is 1. The number of rotatable bonds is 37. The molecule has 0 spiro atoms. The Morgan fingerprint density at radius 2 is 1.20 bits per heavy atom. The first-order chi connectivity index (χ1) is 37.6. The predicted octanol–water partition coefficient (Wildman–Crippen LogP) is -6.47. The van der Waals surface area contributed by atoms with Crippen LogP contribution in [-0.2, 0) is 71.8 Å². The van der Waals surface area contributed by atoms with Crippen molar-refractivity contribution in [3.05, 3.63) is 42.5 Å². The van der Waals surface area contributed by atoms with Gasteiger partial charge in [-0.05, 0) is 44.7 Å². The summed E-state index contributed by atoms with van der Waals surface area (Å²) in [6.07, 6.45) is -4.49. The van der Waals surface area contributed by atoms with Crippen molar-refractivity contribution in [1.29, 1.82) is 0 Å². The Morgan fingerprint density at radius 1 is 0.650 bits per heavy atom. The third-order valence-electron chi connectivity index (χ3n) is 11.0. The van der Waals surface area contributed by atoms with Crippen LogP contribution in [0.25, 0.3) is 0 Å². The standard InChI is InChI=1S/C47H68N12O21/c1-5-13-79-47(78)51-12-8-11-28(54-34(63)18-48)42(73)57-30(17-38(69)70)43(74)53-23(3)40(71)56-29(16-37(67)68)41(72)52-19-35(64)55-32(21-61)44(75)59-39(22(2)14-36(65)66)45(76)58-31(46(77)80-24(4)27(50)20-60)15-33(62)25-9-6-7-10-26(25)49/h5-7,9-10,20,22-24,27-32,39,61H,1,8,11-19,21,48-50H2,2-4H3,(H,51,78)(H,52,72)(H,53,74)(H,54,63)(H,55,64)(H,56,71)(H,57,73)(H,58,76)(H,59,75)(H,65,66)(H,67,68)(H,69,70)/t22?,23-,24?,27?,28?,29-,30-,31?,32-,39-/m0/s1. The number of amides is 9. The molecular weight excluding hydrogens is 1070 g/mol. The topological polar surface area (TPSA) is 542 Å². The van der Waals surface area contributed by atoms with E-state index in [4.69, 9.17) is 26.7 Å². The Hall–Kier alpha value is -9.11. The lowest BCUT2D eigenvalue weighted by molar-refractivity contribution is -0.154. The summed E-state index contributed by atoms with van der Waals surface area (Å²) < 4.78 is 9.96. The van der Waals surface area contributed by atoms with Gasteiger partial charge >= 0.3 is 30.0 Å². The highest BCUT2D eigenvalue weighted by Crippen LogP contribution is 2.17. The maximum absolute atomic E-state index is 13.8. The number of aliphatic hydroxyl groups is 1. The number of carboxylic acids is 3. The molecule has 33 nitrogen and oxygen atoms in total. The lowest BCUT2D eigenvalue weighted by Crippen LogP contribution is -2.60. The van der Waals surface area contributed by atoms with Crippen LogP contribution in [0.5, 0.6) is 0 Å². The van der Waals surface area contributed by atoms with Crippen LogP contribution in [0.1, 0.15) is 69.7 Å². The fraction of sp³-hybridized carbons (Fsp3) is 0.511. The second kappa shape index (κ2) is 35.3. The van der Waals surface area contributed by atoms with E-state index in [0.29, 0.717) is 0 Å². The van der Waals surface area contributed by atoms with E-state index >= 15 is 0 Å². The highest BCUT2D eigenvalue weighted by molar-refractivity contribution is 6.04. The van der Waals surface area contributed by atoms with Gasteiger partial charge in [-0.25, -0.2) is 9.59 Å². The third-order valence-corrected chi connectivity index (χ3v) is 11.0. The summed E-state index contributed by atoms with van der Waals surface area (Å²) in [6.45, 7) is 3.82. The number of aliphatic carboxylic acids is 3. The van der Waals surface area contributed by atoms with Gasteiger partial charge < -0.3 is 99.7 Å². The van der Waals surface area contributed by atoms with Gasteiger partial charge in [0.15, 0.2) is 5.78 Å². The molecule has 0 saturated carbocycles. The average Bonchev–Trinajstić information content (AvgIpc) is 3.39. The number of nitrogen functional groups attached to an aromatic ring is 1. The minimum Gasteiger partial charge on any atom is -0.481 e. The Kier molecular flexibility index (Phi) is 30.4. The van der Waals surface area contributed by atoms with E-state index in [1.54, 1.807) is 0 Å². The molecule has 0 aliphatic heterocycles. The van der Waals surface area contributed by atoms with Crippen LogP contribution < -0.4 is 65.1 Å². The molecule has 0 aliphatic carbocycles. The van der Waals surface area contributed by atoms with E-state index in [2.05, 4.69) is 38.5 Å². The monoisotopic (exact) mass is 1140 g/mol. The quantitative estimate of drug-likeness (QED) is 0.00736. The molecule has 10 atom stereocenters. The van der Waals surface area contributed by atoms with Crippen LogP contribution in [0.2, 0.25) is 0 Å². The van der Waals surface area contributed by atoms with Crippen LogP contribution in [0, 0.1) is 5.92 Å². The molecule has 0 saturated heterocycles. The molecule has 5 unspecified atom stereocenters. The van der Waals surface area contributed by atoms with Gasteiger partial charge in [-0.3, -0.25) is 57.5 Å². The summed E-state index contributed by atoms with van der Waals surface area (Å²) in [4.78, 5) is 190. The molecule has 80 heavy (non-hydrogen) atoms. The molecule has 0 aromatic heterocycles. The van der Waals surface area contributed by atoms with Crippen molar-refractivity contribution in [1.82, 2.24) is 47.9 Å². The molecule has 0 aliphatic rings. The van der Waals surface area contributed by atoms with E-state index < -0.39 is 189 Å². The van der Waals surface area contributed by atoms with E-state index in [1.807, 2.05) is 16.0 Å². The Labute approximate surface area is 455 Å². The molecule has 0 bridgehead atoms. The number of benzene rings is 1. The highest BCUT2D eigenvalue weighted by Gasteiger charge is 2.37. The zero-order valence-corrected chi connectivity index (χ0v) is 43.7. The molecule has 1 rings (SSSR count). The first kappa shape index (κ1) is 68.9. The summed E-state index contributed by atoms with van der Waals surface area (Å²) in [6, 6.07) is -8.42. The molecule has 0 radical (unpaired) electrons.